The van der Waals surface area contributed by atoms with Gasteiger partial charge in [-0.15, -0.1) is 11.8 Å². The molecule has 1 fully saturated rings. The average Bonchev–Trinajstić information content (AvgIpc) is 2.79. The number of benzene rings is 1. The summed E-state index contributed by atoms with van der Waals surface area (Å²) in [7, 11) is 4.27. The molecule has 1 aliphatic rings. The lowest BCUT2D eigenvalue weighted by molar-refractivity contribution is 0.266. The molecule has 4 heteroatoms. The van der Waals surface area contributed by atoms with Crippen molar-refractivity contribution < 1.29 is 0 Å². The van der Waals surface area contributed by atoms with E-state index in [2.05, 4.69) is 49.0 Å². The largest absolute Gasteiger partial charge is 0.369 e. The van der Waals surface area contributed by atoms with Gasteiger partial charge in [0.2, 0.25) is 0 Å². The molecule has 0 aliphatic carbocycles. The highest BCUT2D eigenvalue weighted by molar-refractivity contribution is 7.98. The van der Waals surface area contributed by atoms with E-state index in [0.717, 1.165) is 29.2 Å². The topological polar surface area (TPSA) is 30.3 Å². The Kier molecular flexibility index (Phi) is 4.38. The highest BCUT2D eigenvalue weighted by Crippen LogP contribution is 2.33. The third kappa shape index (κ3) is 2.72. The number of thioether (sulfide) groups is 1. The van der Waals surface area contributed by atoms with Crippen molar-refractivity contribution in [3.05, 3.63) is 23.8 Å². The van der Waals surface area contributed by atoms with Gasteiger partial charge < -0.3 is 9.80 Å². The molecule has 0 saturated carbocycles. The molecular weight excluding hydrogens is 254 g/mol. The molecule has 1 aromatic rings. The van der Waals surface area contributed by atoms with Gasteiger partial charge >= 0.3 is 0 Å². The zero-order chi connectivity index (χ0) is 14.0. The Balaban J connectivity index is 2.32. The molecule has 2 unspecified atom stereocenters. The van der Waals surface area contributed by atoms with Crippen LogP contribution in [0.5, 0.6) is 0 Å². The van der Waals surface area contributed by atoms with Gasteiger partial charge in [0.25, 0.3) is 0 Å². The fraction of sp³-hybridized carbons (Fsp3) is 0.533. The van der Waals surface area contributed by atoms with Crippen LogP contribution in [0, 0.1) is 17.2 Å². The van der Waals surface area contributed by atoms with E-state index in [1.807, 2.05) is 12.3 Å². The standard InChI is InChI=1S/C15H21N3S/c1-11-9-18(10-14(11)17(2)3)13-6-5-7-15(19-4)12(13)8-16/h5-7,11,14H,9-10H2,1-4H3. The molecule has 0 aromatic heterocycles. The summed E-state index contributed by atoms with van der Waals surface area (Å²) in [6.45, 7) is 4.31. The van der Waals surface area contributed by atoms with E-state index in [1.165, 1.54) is 0 Å². The van der Waals surface area contributed by atoms with E-state index in [4.69, 9.17) is 0 Å². The number of likely N-dealkylation sites (N-methyl/N-ethyl adjacent to an activating group) is 1. The first kappa shape index (κ1) is 14.2. The Morgan fingerprint density at radius 1 is 1.37 bits per heavy atom. The highest BCUT2D eigenvalue weighted by Gasteiger charge is 2.32. The van der Waals surface area contributed by atoms with Crippen molar-refractivity contribution in [3.8, 4) is 6.07 Å². The Hall–Kier alpha value is -1.18. The van der Waals surface area contributed by atoms with E-state index in [0.29, 0.717) is 12.0 Å². The van der Waals surface area contributed by atoms with Gasteiger partial charge in [0, 0.05) is 24.0 Å². The molecule has 0 spiro atoms. The molecule has 3 nitrogen and oxygen atoms in total. The first-order valence-electron chi connectivity index (χ1n) is 6.57. The number of hydrogen-bond acceptors (Lipinski definition) is 4. The highest BCUT2D eigenvalue weighted by atomic mass is 32.2. The molecule has 0 amide bonds. The zero-order valence-corrected chi connectivity index (χ0v) is 12.9. The SMILES string of the molecule is CSc1cccc(N2CC(C)C(N(C)C)C2)c1C#N. The summed E-state index contributed by atoms with van der Waals surface area (Å²) in [5.41, 5.74) is 1.91. The minimum atomic E-state index is 0.560. The van der Waals surface area contributed by atoms with Crippen molar-refractivity contribution in [2.75, 3.05) is 38.3 Å². The third-order valence-corrected chi connectivity index (χ3v) is 4.69. The summed E-state index contributed by atoms with van der Waals surface area (Å²) >= 11 is 1.64. The first-order valence-corrected chi connectivity index (χ1v) is 7.79. The van der Waals surface area contributed by atoms with Crippen LogP contribution in [0.1, 0.15) is 12.5 Å². The molecule has 1 aliphatic heterocycles. The number of rotatable bonds is 3. The van der Waals surface area contributed by atoms with Gasteiger partial charge in [0.05, 0.1) is 11.3 Å². The minimum absolute atomic E-state index is 0.560. The molecule has 0 radical (unpaired) electrons. The Morgan fingerprint density at radius 2 is 2.11 bits per heavy atom. The normalized spacial score (nSPS) is 22.8. The van der Waals surface area contributed by atoms with Gasteiger partial charge in [-0.3, -0.25) is 0 Å². The maximum Gasteiger partial charge on any atom is 0.103 e. The lowest BCUT2D eigenvalue weighted by Gasteiger charge is -2.23. The van der Waals surface area contributed by atoms with Crippen LogP contribution >= 0.6 is 11.8 Å². The van der Waals surface area contributed by atoms with Crippen LogP contribution in [-0.2, 0) is 0 Å². The van der Waals surface area contributed by atoms with Crippen LogP contribution in [0.3, 0.4) is 0 Å². The lowest BCUT2D eigenvalue weighted by atomic mass is 10.1. The van der Waals surface area contributed by atoms with E-state index < -0.39 is 0 Å². The molecule has 2 atom stereocenters. The molecule has 1 aromatic carbocycles. The second kappa shape index (κ2) is 5.85. The molecule has 0 bridgehead atoms. The average molecular weight is 275 g/mol. The van der Waals surface area contributed by atoms with E-state index >= 15 is 0 Å². The van der Waals surface area contributed by atoms with Crippen molar-refractivity contribution in [1.82, 2.24) is 4.90 Å². The van der Waals surface area contributed by atoms with Crippen LogP contribution in [0.2, 0.25) is 0 Å². The number of hydrogen-bond donors (Lipinski definition) is 0. The summed E-state index contributed by atoms with van der Waals surface area (Å²) in [5, 5.41) is 9.43. The lowest BCUT2D eigenvalue weighted by Crippen LogP contribution is -2.34. The molecule has 2 rings (SSSR count). The van der Waals surface area contributed by atoms with Crippen LogP contribution in [-0.4, -0.2) is 44.4 Å². The molecule has 19 heavy (non-hydrogen) atoms. The number of nitrogens with zero attached hydrogens (tertiary/aromatic N) is 3. The Morgan fingerprint density at radius 3 is 2.63 bits per heavy atom. The van der Waals surface area contributed by atoms with Crippen LogP contribution in [0.15, 0.2) is 23.1 Å². The monoisotopic (exact) mass is 275 g/mol. The van der Waals surface area contributed by atoms with Crippen molar-refractivity contribution in [2.24, 2.45) is 5.92 Å². The van der Waals surface area contributed by atoms with Gasteiger partial charge in [-0.2, -0.15) is 5.26 Å². The molecule has 1 heterocycles. The van der Waals surface area contributed by atoms with Crippen molar-refractivity contribution in [2.45, 2.75) is 17.9 Å². The van der Waals surface area contributed by atoms with Gasteiger partial charge in [0.15, 0.2) is 0 Å². The van der Waals surface area contributed by atoms with Gasteiger partial charge in [-0.1, -0.05) is 13.0 Å². The Bertz CT molecular complexity index is 493. The van der Waals surface area contributed by atoms with Crippen LogP contribution in [0.4, 0.5) is 5.69 Å². The smallest absolute Gasteiger partial charge is 0.103 e. The summed E-state index contributed by atoms with van der Waals surface area (Å²) in [6, 6.07) is 9.08. The van der Waals surface area contributed by atoms with Crippen LogP contribution < -0.4 is 4.90 Å². The Labute approximate surface area is 120 Å². The molecule has 1 saturated heterocycles. The number of anilines is 1. The van der Waals surface area contributed by atoms with E-state index in [9.17, 15) is 5.26 Å². The fourth-order valence-corrected chi connectivity index (χ4v) is 3.45. The summed E-state index contributed by atoms with van der Waals surface area (Å²) < 4.78 is 0. The van der Waals surface area contributed by atoms with E-state index in [1.54, 1.807) is 11.8 Å². The molecule has 0 N–H and O–H groups in total. The maximum atomic E-state index is 9.43. The second-order valence-corrected chi connectivity index (χ2v) is 6.23. The van der Waals surface area contributed by atoms with Crippen molar-refractivity contribution in [3.63, 3.8) is 0 Å². The van der Waals surface area contributed by atoms with Gasteiger partial charge in [-0.25, -0.2) is 0 Å². The van der Waals surface area contributed by atoms with Crippen LogP contribution in [0.25, 0.3) is 0 Å². The van der Waals surface area contributed by atoms with E-state index in [-0.39, 0.29) is 0 Å². The van der Waals surface area contributed by atoms with Crippen molar-refractivity contribution >= 4 is 17.4 Å². The predicted molar refractivity (Wildman–Crippen MR) is 81.8 cm³/mol. The zero-order valence-electron chi connectivity index (χ0n) is 12.1. The molecule has 102 valence electrons. The summed E-state index contributed by atoms with van der Waals surface area (Å²) in [6.07, 6.45) is 2.02. The first-order chi connectivity index (χ1) is 9.08. The number of nitriles is 1. The quantitative estimate of drug-likeness (QED) is 0.793. The minimum Gasteiger partial charge on any atom is -0.369 e. The maximum absolute atomic E-state index is 9.43. The van der Waals surface area contributed by atoms with Gasteiger partial charge in [-0.05, 0) is 38.4 Å². The van der Waals surface area contributed by atoms with Gasteiger partial charge in [0.1, 0.15) is 6.07 Å². The summed E-state index contributed by atoms with van der Waals surface area (Å²) in [5.74, 6) is 0.625. The van der Waals surface area contributed by atoms with Crippen molar-refractivity contribution in [1.29, 1.82) is 5.26 Å². The molecular formula is C15H21N3S. The summed E-state index contributed by atoms with van der Waals surface area (Å²) in [4.78, 5) is 5.71. The predicted octanol–water partition coefficient (Wildman–Crippen LogP) is 2.67. The fourth-order valence-electron chi connectivity index (χ4n) is 2.88. The third-order valence-electron chi connectivity index (χ3n) is 3.91. The second-order valence-electron chi connectivity index (χ2n) is 5.38.